The molecule has 1 fully saturated rings. The highest BCUT2D eigenvalue weighted by Gasteiger charge is 2.32. The van der Waals surface area contributed by atoms with Crippen molar-refractivity contribution in [2.24, 2.45) is 0 Å². The van der Waals surface area contributed by atoms with Gasteiger partial charge in [0.15, 0.2) is 0 Å². The van der Waals surface area contributed by atoms with E-state index in [0.717, 1.165) is 16.7 Å². The summed E-state index contributed by atoms with van der Waals surface area (Å²) >= 11 is 0. The number of rotatable bonds is 6. The number of likely N-dealkylation sites (tertiary alicyclic amines) is 1. The Kier molecular flexibility index (Phi) is 6.08. The largest absolute Gasteiger partial charge is 0.284 e. The van der Waals surface area contributed by atoms with Crippen molar-refractivity contribution < 1.29 is 8.42 Å². The summed E-state index contributed by atoms with van der Waals surface area (Å²) in [6.07, 6.45) is 0. The summed E-state index contributed by atoms with van der Waals surface area (Å²) in [5.74, 6) is -0.00523. The molecule has 3 aromatic carbocycles. The van der Waals surface area contributed by atoms with Crippen LogP contribution < -0.4 is 0 Å². The molecule has 150 valence electrons. The normalized spacial score (nSPS) is 13.8. The highest BCUT2D eigenvalue weighted by Crippen LogP contribution is 2.36. The lowest BCUT2D eigenvalue weighted by Crippen LogP contribution is -2.44. The minimum atomic E-state index is -2.56. The maximum atomic E-state index is 11.6. The van der Waals surface area contributed by atoms with Crippen LogP contribution in [0.1, 0.15) is 28.3 Å². The number of hydrogen-bond acceptors (Lipinski definition) is 4. The van der Waals surface area contributed by atoms with E-state index in [4.69, 9.17) is 0 Å². The van der Waals surface area contributed by atoms with Crippen LogP contribution in [0.2, 0.25) is 0 Å². The van der Waals surface area contributed by atoms with Gasteiger partial charge in [-0.3, -0.25) is 4.90 Å². The molecular weight excluding hydrogens is 392 g/mol. The lowest BCUT2D eigenvalue weighted by molar-refractivity contribution is 0.202. The molecule has 3 aromatic rings. The molecule has 1 heterocycles. The van der Waals surface area contributed by atoms with Crippen molar-refractivity contribution in [2.45, 2.75) is 6.04 Å². The van der Waals surface area contributed by atoms with Crippen molar-refractivity contribution in [3.8, 4) is 6.07 Å². The first-order chi connectivity index (χ1) is 14.7. The van der Waals surface area contributed by atoms with Crippen LogP contribution in [0.25, 0.3) is 5.57 Å². The van der Waals surface area contributed by atoms with Gasteiger partial charge in [-0.15, -0.1) is 0 Å². The van der Waals surface area contributed by atoms with E-state index < -0.39 is 10.7 Å². The minimum Gasteiger partial charge on any atom is -0.284 e. The summed E-state index contributed by atoms with van der Waals surface area (Å²) in [4.78, 5) is 2.35. The third-order valence-electron chi connectivity index (χ3n) is 5.44. The molecular formula is C25H22N2O2S. The Morgan fingerprint density at radius 2 is 1.50 bits per heavy atom. The first kappa shape index (κ1) is 20.1. The molecule has 0 bridgehead atoms. The van der Waals surface area contributed by atoms with Crippen molar-refractivity contribution in [1.82, 2.24) is 4.90 Å². The molecule has 0 amide bonds. The number of benzene rings is 3. The van der Waals surface area contributed by atoms with Crippen LogP contribution in [-0.4, -0.2) is 32.2 Å². The maximum Gasteiger partial charge on any atom is 0.144 e. The average molecular weight is 415 g/mol. The quantitative estimate of drug-likeness (QED) is 0.619. The summed E-state index contributed by atoms with van der Waals surface area (Å²) in [6, 6.07) is 30.2. The van der Waals surface area contributed by atoms with E-state index in [1.807, 2.05) is 42.5 Å². The fraction of sp³-hybridized carbons (Fsp3) is 0.160. The number of hydrogen-bond donors (Lipinski definition) is 1. The van der Waals surface area contributed by atoms with Crippen molar-refractivity contribution >= 4 is 16.3 Å². The third-order valence-corrected chi connectivity index (χ3v) is 6.01. The maximum absolute atomic E-state index is 11.6. The van der Waals surface area contributed by atoms with E-state index in [2.05, 4.69) is 35.2 Å². The first-order valence-electron chi connectivity index (χ1n) is 9.83. The predicted octanol–water partition coefficient (Wildman–Crippen LogP) is 4.03. The monoisotopic (exact) mass is 414 g/mol. The zero-order valence-corrected chi connectivity index (χ0v) is 17.3. The molecule has 1 aliphatic rings. The Labute approximate surface area is 178 Å². The van der Waals surface area contributed by atoms with Gasteiger partial charge in [0.1, 0.15) is 10.7 Å². The Bertz CT molecular complexity index is 1120. The Balaban J connectivity index is 1.68. The smallest absolute Gasteiger partial charge is 0.144 e. The number of nitrogens with zero attached hydrogens (tertiary/aromatic N) is 2. The molecule has 4 rings (SSSR count). The molecule has 1 aliphatic heterocycles. The van der Waals surface area contributed by atoms with Crippen LogP contribution in [0.3, 0.4) is 0 Å². The highest BCUT2D eigenvalue weighted by molar-refractivity contribution is 7.72. The predicted molar refractivity (Wildman–Crippen MR) is 120 cm³/mol. The standard InChI is InChI=1S/C25H22N2O2S/c26-15-19-8-7-13-22(14-19)24(18-30(28)29)23-16-27(17-23)25(20-9-3-1-4-10-20)21-11-5-2-6-12-21/h1-14,25,30H,16-18H2. The molecule has 0 aromatic heterocycles. The van der Waals surface area contributed by atoms with E-state index in [0.29, 0.717) is 18.7 Å². The van der Waals surface area contributed by atoms with Crippen molar-refractivity contribution in [3.05, 3.63) is 113 Å². The average Bonchev–Trinajstić information content (AvgIpc) is 2.76. The van der Waals surface area contributed by atoms with Gasteiger partial charge in [0.05, 0.1) is 23.4 Å². The van der Waals surface area contributed by atoms with E-state index in [1.165, 1.54) is 11.1 Å². The van der Waals surface area contributed by atoms with Crippen molar-refractivity contribution in [1.29, 1.82) is 5.26 Å². The number of thiol groups is 1. The zero-order chi connectivity index (χ0) is 20.9. The molecule has 0 atom stereocenters. The zero-order valence-electron chi connectivity index (χ0n) is 16.4. The van der Waals surface area contributed by atoms with Gasteiger partial charge >= 0.3 is 0 Å². The van der Waals surface area contributed by atoms with E-state index in [9.17, 15) is 13.7 Å². The first-order valence-corrected chi connectivity index (χ1v) is 11.2. The van der Waals surface area contributed by atoms with Gasteiger partial charge in [-0.1, -0.05) is 72.8 Å². The second-order valence-corrected chi connectivity index (χ2v) is 8.38. The number of nitriles is 1. The molecule has 0 radical (unpaired) electrons. The lowest BCUT2D eigenvalue weighted by Gasteiger charge is -2.42. The summed E-state index contributed by atoms with van der Waals surface area (Å²) < 4.78 is 23.1. The van der Waals surface area contributed by atoms with Crippen LogP contribution in [-0.2, 0) is 10.7 Å². The molecule has 30 heavy (non-hydrogen) atoms. The molecule has 1 saturated heterocycles. The van der Waals surface area contributed by atoms with Crippen molar-refractivity contribution in [2.75, 3.05) is 18.8 Å². The van der Waals surface area contributed by atoms with Crippen LogP contribution >= 0.6 is 0 Å². The molecule has 5 heteroatoms. The third kappa shape index (κ3) is 4.35. The van der Waals surface area contributed by atoms with Gasteiger partial charge in [-0.05, 0) is 40.0 Å². The fourth-order valence-corrected chi connectivity index (χ4v) is 4.68. The summed E-state index contributed by atoms with van der Waals surface area (Å²) in [6.45, 7) is 1.40. The molecule has 4 nitrogen and oxygen atoms in total. The van der Waals surface area contributed by atoms with E-state index in [1.54, 1.807) is 18.2 Å². The molecule has 0 spiro atoms. The van der Waals surface area contributed by atoms with Crippen LogP contribution in [0, 0.1) is 11.3 Å². The van der Waals surface area contributed by atoms with E-state index in [-0.39, 0.29) is 11.8 Å². The molecule has 0 aliphatic carbocycles. The second-order valence-electron chi connectivity index (χ2n) is 7.39. The van der Waals surface area contributed by atoms with Gasteiger partial charge in [0.25, 0.3) is 0 Å². The Morgan fingerprint density at radius 3 is 2.03 bits per heavy atom. The SMILES string of the molecule is N#Cc1cccc(C(C[SH](=O)=O)=C2CN(C(c3ccccc3)c3ccccc3)C2)c1. The minimum absolute atomic E-state index is 0.00523. The van der Waals surface area contributed by atoms with Gasteiger partial charge < -0.3 is 0 Å². The highest BCUT2D eigenvalue weighted by atomic mass is 32.2. The van der Waals surface area contributed by atoms with E-state index >= 15 is 0 Å². The molecule has 0 saturated carbocycles. The summed E-state index contributed by atoms with van der Waals surface area (Å²) in [5.41, 5.74) is 5.71. The van der Waals surface area contributed by atoms with Crippen LogP contribution in [0.4, 0.5) is 0 Å². The van der Waals surface area contributed by atoms with Crippen molar-refractivity contribution in [3.63, 3.8) is 0 Å². The second kappa shape index (κ2) is 9.08. The van der Waals surface area contributed by atoms with Gasteiger partial charge in [0, 0.05) is 13.1 Å². The van der Waals surface area contributed by atoms with Gasteiger partial charge in [-0.2, -0.15) is 5.26 Å². The Hall–Kier alpha value is -3.20. The topological polar surface area (TPSA) is 61.2 Å². The molecule has 0 unspecified atom stereocenters. The van der Waals surface area contributed by atoms with Crippen LogP contribution in [0.5, 0.6) is 0 Å². The Morgan fingerprint density at radius 1 is 0.900 bits per heavy atom. The lowest BCUT2D eigenvalue weighted by atomic mass is 9.89. The summed E-state index contributed by atoms with van der Waals surface area (Å²) in [5, 5.41) is 9.21. The molecule has 0 N–H and O–H groups in total. The summed E-state index contributed by atoms with van der Waals surface area (Å²) in [7, 11) is -2.56. The van der Waals surface area contributed by atoms with Gasteiger partial charge in [-0.25, -0.2) is 8.42 Å². The van der Waals surface area contributed by atoms with Crippen LogP contribution in [0.15, 0.2) is 90.5 Å². The van der Waals surface area contributed by atoms with Gasteiger partial charge in [0.2, 0.25) is 0 Å². The fourth-order valence-electron chi connectivity index (χ4n) is 4.01.